The van der Waals surface area contributed by atoms with Gasteiger partial charge in [-0.1, -0.05) is 12.1 Å². The molecule has 1 amide bonds. The third-order valence-corrected chi connectivity index (χ3v) is 4.40. The molecule has 2 aromatic rings. The normalized spacial score (nSPS) is 10.2. The highest BCUT2D eigenvalue weighted by atomic mass is 79.9. The average molecular weight is 393 g/mol. The predicted octanol–water partition coefficient (Wildman–Crippen LogP) is 3.46. The summed E-state index contributed by atoms with van der Waals surface area (Å²) in [6.45, 7) is 0.452. The smallest absolute Gasteiger partial charge is 0.251 e. The number of hydrogen-bond donors (Lipinski definition) is 1. The van der Waals surface area contributed by atoms with Gasteiger partial charge in [0, 0.05) is 31.9 Å². The van der Waals surface area contributed by atoms with Gasteiger partial charge in [-0.2, -0.15) is 0 Å². The van der Waals surface area contributed by atoms with Crippen LogP contribution in [0.5, 0.6) is 11.5 Å². The maximum atomic E-state index is 12.4. The van der Waals surface area contributed by atoms with Gasteiger partial charge >= 0.3 is 0 Å². The summed E-state index contributed by atoms with van der Waals surface area (Å²) in [4.78, 5) is 14.4. The third kappa shape index (κ3) is 4.20. The van der Waals surface area contributed by atoms with Crippen LogP contribution in [-0.4, -0.2) is 34.2 Å². The van der Waals surface area contributed by atoms with E-state index in [1.54, 1.807) is 26.4 Å². The Balaban J connectivity index is 2.09. The summed E-state index contributed by atoms with van der Waals surface area (Å²) < 4.78 is 11.2. The van der Waals surface area contributed by atoms with E-state index >= 15 is 0 Å². The Labute approximate surface area is 150 Å². The second-order valence-electron chi connectivity index (χ2n) is 5.44. The molecule has 0 heterocycles. The van der Waals surface area contributed by atoms with E-state index in [0.717, 1.165) is 11.3 Å². The van der Waals surface area contributed by atoms with Gasteiger partial charge in [0.2, 0.25) is 0 Å². The molecule has 128 valence electrons. The third-order valence-electron chi connectivity index (χ3n) is 3.61. The first-order valence-electron chi connectivity index (χ1n) is 7.42. The van der Waals surface area contributed by atoms with E-state index in [2.05, 4.69) is 21.2 Å². The standard InChI is InChI=1S/C18H21BrN2O3/c1-21(2)14-7-5-12(6-8-14)11-20-18(22)13-9-15(23-3)17(19)16(10-13)24-4/h5-10H,11H2,1-4H3,(H,20,22). The van der Waals surface area contributed by atoms with Gasteiger partial charge in [0.1, 0.15) is 16.0 Å². The summed E-state index contributed by atoms with van der Waals surface area (Å²) in [5, 5.41) is 2.91. The first-order chi connectivity index (χ1) is 11.5. The van der Waals surface area contributed by atoms with Crippen molar-refractivity contribution in [2.24, 2.45) is 0 Å². The van der Waals surface area contributed by atoms with Crippen molar-refractivity contribution in [1.82, 2.24) is 5.32 Å². The molecule has 0 unspecified atom stereocenters. The number of ether oxygens (including phenoxy) is 2. The summed E-state index contributed by atoms with van der Waals surface area (Å²) in [6, 6.07) is 11.4. The van der Waals surface area contributed by atoms with Crippen LogP contribution in [0.25, 0.3) is 0 Å². The number of anilines is 1. The Morgan fingerprint density at radius 3 is 2.08 bits per heavy atom. The lowest BCUT2D eigenvalue weighted by Crippen LogP contribution is -2.23. The van der Waals surface area contributed by atoms with Crippen LogP contribution in [0.4, 0.5) is 5.69 Å². The van der Waals surface area contributed by atoms with Crippen molar-refractivity contribution in [2.45, 2.75) is 6.54 Å². The second-order valence-corrected chi connectivity index (χ2v) is 6.23. The molecule has 0 aliphatic carbocycles. The summed E-state index contributed by atoms with van der Waals surface area (Å²) in [5.74, 6) is 0.917. The van der Waals surface area contributed by atoms with Crippen molar-refractivity contribution >= 4 is 27.5 Å². The van der Waals surface area contributed by atoms with Crippen molar-refractivity contribution in [3.63, 3.8) is 0 Å². The Morgan fingerprint density at radius 1 is 1.08 bits per heavy atom. The molecular formula is C18H21BrN2O3. The SMILES string of the molecule is COc1cc(C(=O)NCc2ccc(N(C)C)cc2)cc(OC)c1Br. The van der Waals surface area contributed by atoms with Crippen molar-refractivity contribution in [2.75, 3.05) is 33.2 Å². The van der Waals surface area contributed by atoms with Gasteiger partial charge in [-0.05, 0) is 45.8 Å². The first kappa shape index (κ1) is 18.1. The molecule has 5 nitrogen and oxygen atoms in total. The van der Waals surface area contributed by atoms with Crippen LogP contribution in [-0.2, 0) is 6.54 Å². The molecule has 0 saturated carbocycles. The number of hydrogen-bond acceptors (Lipinski definition) is 4. The molecule has 0 spiro atoms. The lowest BCUT2D eigenvalue weighted by Gasteiger charge is -2.13. The molecule has 24 heavy (non-hydrogen) atoms. The van der Waals surface area contributed by atoms with Crippen LogP contribution in [0.3, 0.4) is 0 Å². The number of carbonyl (C=O) groups is 1. The highest BCUT2D eigenvalue weighted by molar-refractivity contribution is 9.10. The van der Waals surface area contributed by atoms with E-state index in [-0.39, 0.29) is 5.91 Å². The lowest BCUT2D eigenvalue weighted by molar-refractivity contribution is 0.0950. The summed E-state index contributed by atoms with van der Waals surface area (Å²) in [5.41, 5.74) is 2.63. The topological polar surface area (TPSA) is 50.8 Å². The number of rotatable bonds is 6. The summed E-state index contributed by atoms with van der Waals surface area (Å²) in [6.07, 6.45) is 0. The quantitative estimate of drug-likeness (QED) is 0.817. The zero-order valence-electron chi connectivity index (χ0n) is 14.2. The molecule has 2 aromatic carbocycles. The Bertz CT molecular complexity index is 690. The van der Waals surface area contributed by atoms with Gasteiger partial charge in [-0.25, -0.2) is 0 Å². The fraction of sp³-hybridized carbons (Fsp3) is 0.278. The first-order valence-corrected chi connectivity index (χ1v) is 8.21. The van der Waals surface area contributed by atoms with E-state index in [9.17, 15) is 4.79 Å². The molecule has 0 fully saturated rings. The highest BCUT2D eigenvalue weighted by Crippen LogP contribution is 2.35. The number of methoxy groups -OCH3 is 2. The fourth-order valence-corrected chi connectivity index (χ4v) is 2.75. The fourth-order valence-electron chi connectivity index (χ4n) is 2.20. The molecule has 0 atom stereocenters. The minimum atomic E-state index is -0.184. The van der Waals surface area contributed by atoms with E-state index < -0.39 is 0 Å². The number of nitrogens with zero attached hydrogens (tertiary/aromatic N) is 1. The molecular weight excluding hydrogens is 372 g/mol. The van der Waals surface area contributed by atoms with Crippen molar-refractivity contribution in [3.8, 4) is 11.5 Å². The number of amides is 1. The molecule has 0 bridgehead atoms. The Kier molecular flexibility index (Phi) is 6.09. The van der Waals surface area contributed by atoms with E-state index in [0.29, 0.717) is 28.1 Å². The predicted molar refractivity (Wildman–Crippen MR) is 99.2 cm³/mol. The van der Waals surface area contributed by atoms with Gasteiger partial charge in [0.15, 0.2) is 0 Å². The largest absolute Gasteiger partial charge is 0.495 e. The van der Waals surface area contributed by atoms with Crippen LogP contribution >= 0.6 is 15.9 Å². The maximum absolute atomic E-state index is 12.4. The minimum absolute atomic E-state index is 0.184. The Hall–Kier alpha value is -2.21. The zero-order valence-corrected chi connectivity index (χ0v) is 15.8. The molecule has 0 aliphatic heterocycles. The van der Waals surface area contributed by atoms with Crippen LogP contribution in [0.15, 0.2) is 40.9 Å². The molecule has 0 radical (unpaired) electrons. The maximum Gasteiger partial charge on any atom is 0.251 e. The molecule has 0 saturated heterocycles. The number of benzene rings is 2. The second kappa shape index (κ2) is 8.06. The molecule has 1 N–H and O–H groups in total. The number of halogens is 1. The van der Waals surface area contributed by atoms with Gasteiger partial charge in [-0.15, -0.1) is 0 Å². The number of nitrogens with one attached hydrogen (secondary N) is 1. The monoisotopic (exact) mass is 392 g/mol. The molecule has 2 rings (SSSR count). The minimum Gasteiger partial charge on any atom is -0.495 e. The van der Waals surface area contributed by atoms with Gasteiger partial charge in [0.05, 0.1) is 14.2 Å². The summed E-state index contributed by atoms with van der Waals surface area (Å²) in [7, 11) is 7.08. The van der Waals surface area contributed by atoms with Gasteiger partial charge in [0.25, 0.3) is 5.91 Å². The van der Waals surface area contributed by atoms with Crippen molar-refractivity contribution < 1.29 is 14.3 Å². The van der Waals surface area contributed by atoms with Crippen LogP contribution in [0.2, 0.25) is 0 Å². The Morgan fingerprint density at radius 2 is 1.62 bits per heavy atom. The zero-order chi connectivity index (χ0) is 17.7. The lowest BCUT2D eigenvalue weighted by atomic mass is 10.1. The van der Waals surface area contributed by atoms with Gasteiger partial charge in [-0.3, -0.25) is 4.79 Å². The van der Waals surface area contributed by atoms with Crippen molar-refractivity contribution in [3.05, 3.63) is 52.0 Å². The molecule has 0 aromatic heterocycles. The summed E-state index contributed by atoms with van der Waals surface area (Å²) >= 11 is 3.39. The molecule has 6 heteroatoms. The van der Waals surface area contributed by atoms with Crippen LogP contribution in [0.1, 0.15) is 15.9 Å². The van der Waals surface area contributed by atoms with Gasteiger partial charge < -0.3 is 19.7 Å². The van der Waals surface area contributed by atoms with Crippen LogP contribution in [0, 0.1) is 0 Å². The molecule has 0 aliphatic rings. The highest BCUT2D eigenvalue weighted by Gasteiger charge is 2.14. The van der Waals surface area contributed by atoms with Crippen molar-refractivity contribution in [1.29, 1.82) is 0 Å². The number of carbonyl (C=O) groups excluding carboxylic acids is 1. The van der Waals surface area contributed by atoms with E-state index in [1.807, 2.05) is 43.3 Å². The van der Waals surface area contributed by atoms with E-state index in [4.69, 9.17) is 9.47 Å². The van der Waals surface area contributed by atoms with E-state index in [1.165, 1.54) is 0 Å². The van der Waals surface area contributed by atoms with Crippen LogP contribution < -0.4 is 19.7 Å². The average Bonchev–Trinajstić information content (AvgIpc) is 2.60.